The Kier molecular flexibility index (Phi) is 8.62. The van der Waals surface area contributed by atoms with Gasteiger partial charge in [0.2, 0.25) is 0 Å². The summed E-state index contributed by atoms with van der Waals surface area (Å²) in [6, 6.07) is 23.4. The number of fused-ring (bicyclic) bond motifs is 1. The van der Waals surface area contributed by atoms with Crippen LogP contribution in [0.15, 0.2) is 77.8 Å². The maximum atomic E-state index is 13.5. The van der Waals surface area contributed by atoms with Crippen LogP contribution in [0.2, 0.25) is 0 Å². The third-order valence-corrected chi connectivity index (χ3v) is 7.96. The molecule has 0 atom stereocenters. The van der Waals surface area contributed by atoms with Gasteiger partial charge in [-0.1, -0.05) is 56.3 Å². The molecule has 0 aliphatic heterocycles. The average molecular weight is 520 g/mol. The monoisotopic (exact) mass is 519 g/mol. The molecular weight excluding hydrogens is 485 g/mol. The molecule has 0 unspecified atom stereocenters. The van der Waals surface area contributed by atoms with Gasteiger partial charge in [0.1, 0.15) is 0 Å². The molecule has 4 rings (SSSR count). The van der Waals surface area contributed by atoms with E-state index in [1.807, 2.05) is 54.6 Å². The van der Waals surface area contributed by atoms with Crippen LogP contribution in [0.4, 0.5) is 5.69 Å². The summed E-state index contributed by atoms with van der Waals surface area (Å²) in [6.45, 7) is 9.07. The summed E-state index contributed by atoms with van der Waals surface area (Å²) in [5, 5.41) is 15.6. The smallest absolute Gasteiger partial charge is 0.361 e. The number of aromatic amines is 1. The number of H-pyrrole nitrogens is 1. The average Bonchev–Trinajstić information content (AvgIpc) is 3.22. The van der Waals surface area contributed by atoms with Crippen LogP contribution < -0.4 is 10.6 Å². The molecule has 3 aromatic carbocycles. The Labute approximate surface area is 218 Å². The van der Waals surface area contributed by atoms with Crippen molar-refractivity contribution in [3.8, 4) is 5.88 Å². The third-order valence-electron chi connectivity index (χ3n) is 5.85. The molecule has 1 heterocycles. The number of aromatic nitrogens is 1. The van der Waals surface area contributed by atoms with E-state index in [2.05, 4.69) is 24.1 Å². The second-order valence-electron chi connectivity index (χ2n) is 8.94. The Morgan fingerprint density at radius 1 is 1.00 bits per heavy atom. The number of hydrogen-bond acceptors (Lipinski definition) is 6. The minimum atomic E-state index is -3.52. The highest BCUT2D eigenvalue weighted by atomic mass is 31.2. The summed E-state index contributed by atoms with van der Waals surface area (Å²) in [5.74, 6) is -0.0184. The first-order valence-electron chi connectivity index (χ1n) is 12.6. The molecule has 0 saturated heterocycles. The lowest BCUT2D eigenvalue weighted by Crippen LogP contribution is -2.21. The Bertz CT molecular complexity index is 1400. The largest absolute Gasteiger partial charge is 0.494 e. The van der Waals surface area contributed by atoms with Gasteiger partial charge < -0.3 is 24.5 Å². The number of hydrogen-bond donors (Lipinski definition) is 3. The second kappa shape index (κ2) is 11.9. The van der Waals surface area contributed by atoms with Crippen LogP contribution in [0, 0.1) is 0 Å². The highest BCUT2D eigenvalue weighted by Crippen LogP contribution is 2.47. The first kappa shape index (κ1) is 26.8. The van der Waals surface area contributed by atoms with E-state index in [0.29, 0.717) is 33.5 Å². The topological polar surface area (TPSA) is 95.9 Å². The second-order valence-corrected chi connectivity index (χ2v) is 11.0. The quantitative estimate of drug-likeness (QED) is 0.157. The van der Waals surface area contributed by atoms with Crippen LogP contribution in [-0.4, -0.2) is 35.1 Å². The van der Waals surface area contributed by atoms with Crippen molar-refractivity contribution >= 4 is 35.2 Å². The lowest BCUT2D eigenvalue weighted by molar-refractivity contribution is 0.230. The standard InChI is InChI=1S/C29H34N3O4P/c1-5-35-37(34,36-6-2)24-16-17-26-25(18-24)27(29(33)32-26)28(22-10-8-7-9-11-22)31-23-14-12-21(13-15-23)19-30-20(3)4/h7-18,20,30,32-33H,5-6,19H2,1-4H3. The summed E-state index contributed by atoms with van der Waals surface area (Å²) >= 11 is 0. The molecule has 0 saturated carbocycles. The zero-order valence-corrected chi connectivity index (χ0v) is 22.6. The Hall–Kier alpha value is -3.22. The Balaban J connectivity index is 1.85. The van der Waals surface area contributed by atoms with Gasteiger partial charge in [0.15, 0.2) is 5.88 Å². The van der Waals surface area contributed by atoms with Gasteiger partial charge in [-0.05, 0) is 49.7 Å². The summed E-state index contributed by atoms with van der Waals surface area (Å²) in [7, 11) is -3.52. The first-order chi connectivity index (χ1) is 17.8. The van der Waals surface area contributed by atoms with Gasteiger partial charge in [-0.25, -0.2) is 4.99 Å². The maximum Gasteiger partial charge on any atom is 0.361 e. The summed E-state index contributed by atoms with van der Waals surface area (Å²) in [5.41, 5.74) is 4.56. The number of nitrogens with zero attached hydrogens (tertiary/aromatic N) is 1. The first-order valence-corrected chi connectivity index (χ1v) is 14.1. The fourth-order valence-corrected chi connectivity index (χ4v) is 5.70. The van der Waals surface area contributed by atoms with Gasteiger partial charge in [-0.3, -0.25) is 4.57 Å². The van der Waals surface area contributed by atoms with Crippen LogP contribution in [-0.2, 0) is 20.2 Å². The highest BCUT2D eigenvalue weighted by Gasteiger charge is 2.28. The SMILES string of the molecule is CCOP(=O)(OCC)c1ccc2[nH]c(O)c(C(=Nc3ccc(CNC(C)C)cc3)c3ccccc3)c2c1. The fraction of sp³-hybridized carbons (Fsp3) is 0.276. The minimum absolute atomic E-state index is 0.0184. The molecule has 0 radical (unpaired) electrons. The molecule has 4 aromatic rings. The van der Waals surface area contributed by atoms with Crippen LogP contribution in [0.25, 0.3) is 10.9 Å². The lowest BCUT2D eigenvalue weighted by atomic mass is 10.0. The summed E-state index contributed by atoms with van der Waals surface area (Å²) in [6.07, 6.45) is 0. The van der Waals surface area contributed by atoms with Crippen LogP contribution in [0.3, 0.4) is 0 Å². The fourth-order valence-electron chi connectivity index (χ4n) is 4.10. The molecule has 8 heteroatoms. The Morgan fingerprint density at radius 3 is 2.30 bits per heavy atom. The highest BCUT2D eigenvalue weighted by molar-refractivity contribution is 7.62. The lowest BCUT2D eigenvalue weighted by Gasteiger charge is -2.17. The number of aromatic hydroxyl groups is 1. The molecule has 0 amide bonds. The zero-order chi connectivity index (χ0) is 26.4. The minimum Gasteiger partial charge on any atom is -0.494 e. The van der Waals surface area contributed by atoms with Crippen molar-refractivity contribution < 1.29 is 18.7 Å². The van der Waals surface area contributed by atoms with Crippen molar-refractivity contribution in [2.24, 2.45) is 4.99 Å². The van der Waals surface area contributed by atoms with E-state index < -0.39 is 7.60 Å². The molecule has 0 aliphatic rings. The van der Waals surface area contributed by atoms with E-state index in [9.17, 15) is 9.67 Å². The molecule has 194 valence electrons. The van der Waals surface area contributed by atoms with Gasteiger partial charge in [-0.15, -0.1) is 0 Å². The van der Waals surface area contributed by atoms with Crippen LogP contribution >= 0.6 is 7.60 Å². The third kappa shape index (κ3) is 6.20. The van der Waals surface area contributed by atoms with Gasteiger partial charge >= 0.3 is 7.60 Å². The van der Waals surface area contributed by atoms with Crippen molar-refractivity contribution in [2.45, 2.75) is 40.3 Å². The Morgan fingerprint density at radius 2 is 1.68 bits per heavy atom. The predicted molar refractivity (Wildman–Crippen MR) is 151 cm³/mol. The normalized spacial score (nSPS) is 12.5. The van der Waals surface area contributed by atoms with E-state index in [0.717, 1.165) is 23.4 Å². The zero-order valence-electron chi connectivity index (χ0n) is 21.7. The molecule has 7 nitrogen and oxygen atoms in total. The molecular formula is C29H34N3O4P. The van der Waals surface area contributed by atoms with Gasteiger partial charge in [0.05, 0.1) is 35.5 Å². The molecule has 0 spiro atoms. The van der Waals surface area contributed by atoms with E-state index in [-0.39, 0.29) is 19.1 Å². The van der Waals surface area contributed by atoms with Crippen LogP contribution in [0.1, 0.15) is 44.4 Å². The predicted octanol–water partition coefficient (Wildman–Crippen LogP) is 6.43. The summed E-state index contributed by atoms with van der Waals surface area (Å²) in [4.78, 5) is 8.01. The number of nitrogens with one attached hydrogen (secondary N) is 2. The molecule has 0 bridgehead atoms. The van der Waals surface area contributed by atoms with Gasteiger partial charge in [0, 0.05) is 29.1 Å². The van der Waals surface area contributed by atoms with E-state index in [4.69, 9.17) is 14.0 Å². The molecule has 0 aliphatic carbocycles. The number of rotatable bonds is 11. The molecule has 3 N–H and O–H groups in total. The van der Waals surface area contributed by atoms with Crippen molar-refractivity contribution in [3.05, 3.63) is 89.5 Å². The molecule has 1 aromatic heterocycles. The molecule has 0 fully saturated rings. The van der Waals surface area contributed by atoms with Gasteiger partial charge in [0.25, 0.3) is 0 Å². The number of aliphatic imine (C=N–C) groups is 1. The maximum absolute atomic E-state index is 13.5. The molecule has 37 heavy (non-hydrogen) atoms. The van der Waals surface area contributed by atoms with Crippen LogP contribution in [0.5, 0.6) is 5.88 Å². The van der Waals surface area contributed by atoms with E-state index in [1.54, 1.807) is 32.0 Å². The van der Waals surface area contributed by atoms with Crippen molar-refractivity contribution in [1.82, 2.24) is 10.3 Å². The van der Waals surface area contributed by atoms with E-state index >= 15 is 0 Å². The van der Waals surface area contributed by atoms with Crippen molar-refractivity contribution in [1.29, 1.82) is 0 Å². The van der Waals surface area contributed by atoms with E-state index in [1.165, 1.54) is 0 Å². The van der Waals surface area contributed by atoms with Crippen molar-refractivity contribution in [3.63, 3.8) is 0 Å². The van der Waals surface area contributed by atoms with Crippen molar-refractivity contribution in [2.75, 3.05) is 13.2 Å². The number of benzene rings is 3. The van der Waals surface area contributed by atoms with Gasteiger partial charge in [-0.2, -0.15) is 0 Å². The summed E-state index contributed by atoms with van der Waals surface area (Å²) < 4.78 is 24.6.